The molecule has 0 spiro atoms. The molecule has 0 bridgehead atoms. The van der Waals surface area contributed by atoms with Gasteiger partial charge >= 0.3 is 0 Å². The van der Waals surface area contributed by atoms with Gasteiger partial charge in [-0.05, 0) is 0 Å². The van der Waals surface area contributed by atoms with Crippen LogP contribution < -0.4 is 4.90 Å². The Balaban J connectivity index is 2.56. The molecule has 0 fully saturated rings. The van der Waals surface area contributed by atoms with Crippen molar-refractivity contribution in [2.45, 2.75) is 26.1 Å². The molecular formula is C10H21N3OSSi. The summed E-state index contributed by atoms with van der Waals surface area (Å²) in [6.07, 6.45) is 1.92. The van der Waals surface area contributed by atoms with Crippen LogP contribution >= 0.6 is 11.5 Å². The topological polar surface area (TPSA) is 38.2 Å². The molecule has 0 aromatic carbocycles. The van der Waals surface area contributed by atoms with Crippen molar-refractivity contribution in [2.75, 3.05) is 31.8 Å². The highest BCUT2D eigenvalue weighted by Gasteiger charge is 2.18. The predicted octanol–water partition coefficient (Wildman–Crippen LogP) is 2.04. The monoisotopic (exact) mass is 259 g/mol. The minimum atomic E-state index is -1.08. The van der Waals surface area contributed by atoms with Gasteiger partial charge in [-0.15, -0.1) is 0 Å². The molecule has 1 heterocycles. The van der Waals surface area contributed by atoms with Crippen molar-refractivity contribution in [3.8, 4) is 0 Å². The number of hydrogen-bond donors (Lipinski definition) is 0. The zero-order valence-corrected chi connectivity index (χ0v) is 12.6. The molecule has 16 heavy (non-hydrogen) atoms. The van der Waals surface area contributed by atoms with Crippen LogP contribution in [0, 0.1) is 0 Å². The Morgan fingerprint density at radius 3 is 2.62 bits per heavy atom. The highest BCUT2D eigenvalue weighted by atomic mass is 32.1. The standard InChI is InChI=1S/C10H21N3OSSi/c1-13(8-16(3,4)5)10-11-9(12-15-10)6-7-14-2/h6-8H2,1-5H3. The summed E-state index contributed by atoms with van der Waals surface area (Å²) in [4.78, 5) is 6.73. The number of rotatable bonds is 6. The summed E-state index contributed by atoms with van der Waals surface area (Å²) >= 11 is 1.48. The fourth-order valence-electron chi connectivity index (χ4n) is 1.47. The molecule has 1 aromatic heterocycles. The molecule has 0 unspecified atom stereocenters. The Morgan fingerprint density at radius 1 is 1.38 bits per heavy atom. The third-order valence-corrected chi connectivity index (χ3v) is 4.32. The molecule has 0 atom stereocenters. The fraction of sp³-hybridized carbons (Fsp3) is 0.800. The maximum atomic E-state index is 5.01. The van der Waals surface area contributed by atoms with Gasteiger partial charge in [0.25, 0.3) is 0 Å². The zero-order chi connectivity index (χ0) is 12.2. The largest absolute Gasteiger partial charge is 0.384 e. The van der Waals surface area contributed by atoms with Crippen LogP contribution in [0.5, 0.6) is 0 Å². The molecule has 0 saturated heterocycles. The number of nitrogens with zero attached hydrogens (tertiary/aromatic N) is 3. The van der Waals surface area contributed by atoms with Gasteiger partial charge < -0.3 is 9.64 Å². The molecule has 0 N–H and O–H groups in total. The van der Waals surface area contributed by atoms with Crippen molar-refractivity contribution in [2.24, 2.45) is 0 Å². The molecule has 6 heteroatoms. The average Bonchev–Trinajstić information content (AvgIpc) is 2.60. The minimum Gasteiger partial charge on any atom is -0.384 e. The smallest absolute Gasteiger partial charge is 0.204 e. The van der Waals surface area contributed by atoms with Crippen molar-refractivity contribution in [1.82, 2.24) is 9.36 Å². The second-order valence-corrected chi connectivity index (χ2v) is 11.3. The molecule has 0 amide bonds. The summed E-state index contributed by atoms with van der Waals surface area (Å²) < 4.78 is 9.34. The van der Waals surface area contributed by atoms with E-state index in [9.17, 15) is 0 Å². The first-order chi connectivity index (χ1) is 7.42. The van der Waals surface area contributed by atoms with Crippen molar-refractivity contribution in [1.29, 1.82) is 0 Å². The van der Waals surface area contributed by atoms with Crippen molar-refractivity contribution in [3.63, 3.8) is 0 Å². The summed E-state index contributed by atoms with van der Waals surface area (Å²) in [7, 11) is 2.72. The van der Waals surface area contributed by atoms with Crippen LogP contribution in [0.3, 0.4) is 0 Å². The molecule has 4 nitrogen and oxygen atoms in total. The van der Waals surface area contributed by atoms with Gasteiger partial charge in [0.05, 0.1) is 14.7 Å². The number of anilines is 1. The number of aromatic nitrogens is 2. The first-order valence-electron chi connectivity index (χ1n) is 5.45. The lowest BCUT2D eigenvalue weighted by molar-refractivity contribution is 0.201. The van der Waals surface area contributed by atoms with E-state index in [1.165, 1.54) is 11.5 Å². The maximum absolute atomic E-state index is 5.01. The van der Waals surface area contributed by atoms with Gasteiger partial charge in [0.15, 0.2) is 0 Å². The third kappa shape index (κ3) is 4.59. The van der Waals surface area contributed by atoms with E-state index in [2.05, 4.69) is 40.9 Å². The SMILES string of the molecule is COCCc1nsc(N(C)C[Si](C)(C)C)n1. The van der Waals surface area contributed by atoms with Crippen LogP contribution in [-0.2, 0) is 11.2 Å². The predicted molar refractivity (Wildman–Crippen MR) is 72.1 cm³/mol. The van der Waals surface area contributed by atoms with Gasteiger partial charge in [0.1, 0.15) is 5.82 Å². The fourth-order valence-corrected chi connectivity index (χ4v) is 3.83. The van der Waals surface area contributed by atoms with E-state index >= 15 is 0 Å². The van der Waals surface area contributed by atoms with E-state index in [0.717, 1.165) is 23.5 Å². The van der Waals surface area contributed by atoms with Gasteiger partial charge in [-0.25, -0.2) is 4.98 Å². The van der Waals surface area contributed by atoms with Crippen LogP contribution in [0.1, 0.15) is 5.82 Å². The zero-order valence-electron chi connectivity index (χ0n) is 10.8. The van der Waals surface area contributed by atoms with Crippen molar-refractivity contribution < 1.29 is 4.74 Å². The number of hydrogen-bond acceptors (Lipinski definition) is 5. The van der Waals surface area contributed by atoms with Crippen LogP contribution in [-0.4, -0.2) is 44.4 Å². The van der Waals surface area contributed by atoms with Gasteiger partial charge in [-0.1, -0.05) is 19.6 Å². The average molecular weight is 259 g/mol. The summed E-state index contributed by atoms with van der Waals surface area (Å²) in [5.74, 6) is 0.893. The highest BCUT2D eigenvalue weighted by Crippen LogP contribution is 2.17. The van der Waals surface area contributed by atoms with Crippen molar-refractivity contribution >= 4 is 24.7 Å². The lowest BCUT2D eigenvalue weighted by Crippen LogP contribution is -2.38. The Bertz CT molecular complexity index is 324. The van der Waals surface area contributed by atoms with E-state index in [-0.39, 0.29) is 0 Å². The molecule has 0 radical (unpaired) electrons. The van der Waals surface area contributed by atoms with E-state index in [0.29, 0.717) is 6.61 Å². The Morgan fingerprint density at radius 2 is 2.06 bits per heavy atom. The normalized spacial score (nSPS) is 11.8. The van der Waals surface area contributed by atoms with E-state index in [1.807, 2.05) is 0 Å². The first kappa shape index (κ1) is 13.6. The van der Waals surface area contributed by atoms with Crippen LogP contribution in [0.25, 0.3) is 0 Å². The highest BCUT2D eigenvalue weighted by molar-refractivity contribution is 7.09. The quantitative estimate of drug-likeness (QED) is 0.733. The second-order valence-electron chi connectivity index (χ2n) is 5.15. The summed E-state index contributed by atoms with van der Waals surface area (Å²) in [6, 6.07) is 0. The summed E-state index contributed by atoms with van der Waals surface area (Å²) in [6.45, 7) is 7.76. The molecule has 0 aliphatic rings. The van der Waals surface area contributed by atoms with E-state index < -0.39 is 8.07 Å². The Kier molecular flexibility index (Phi) is 4.88. The Hall–Kier alpha value is -0.463. The van der Waals surface area contributed by atoms with Gasteiger partial charge in [0, 0.05) is 38.3 Å². The molecule has 0 saturated carbocycles. The molecule has 92 valence electrons. The van der Waals surface area contributed by atoms with Gasteiger partial charge in [0.2, 0.25) is 5.13 Å². The first-order valence-corrected chi connectivity index (χ1v) is 9.93. The van der Waals surface area contributed by atoms with Crippen LogP contribution in [0.2, 0.25) is 19.6 Å². The van der Waals surface area contributed by atoms with E-state index in [4.69, 9.17) is 4.74 Å². The summed E-state index contributed by atoms with van der Waals surface area (Å²) in [5.41, 5.74) is 0. The Labute approximate surface area is 103 Å². The third-order valence-electron chi connectivity index (χ3n) is 2.03. The molecule has 1 rings (SSSR count). The van der Waals surface area contributed by atoms with Crippen LogP contribution in [0.4, 0.5) is 5.13 Å². The number of ether oxygens (including phenoxy) is 1. The number of methoxy groups -OCH3 is 1. The molecule has 0 aliphatic heterocycles. The minimum absolute atomic E-state index is 0.688. The molecular weight excluding hydrogens is 238 g/mol. The lowest BCUT2D eigenvalue weighted by atomic mass is 10.4. The molecule has 0 aliphatic carbocycles. The second kappa shape index (κ2) is 5.74. The summed E-state index contributed by atoms with van der Waals surface area (Å²) in [5, 5.41) is 1.02. The van der Waals surface area contributed by atoms with Crippen molar-refractivity contribution in [3.05, 3.63) is 5.82 Å². The lowest BCUT2D eigenvalue weighted by Gasteiger charge is -2.24. The van der Waals surface area contributed by atoms with Crippen LogP contribution in [0.15, 0.2) is 0 Å². The van der Waals surface area contributed by atoms with E-state index in [1.54, 1.807) is 7.11 Å². The van der Waals surface area contributed by atoms with Gasteiger partial charge in [-0.2, -0.15) is 4.37 Å². The molecule has 1 aromatic rings. The van der Waals surface area contributed by atoms with Gasteiger partial charge in [-0.3, -0.25) is 0 Å². The maximum Gasteiger partial charge on any atom is 0.204 e.